The number of hydrogen-bond acceptors (Lipinski definition) is 3. The summed E-state index contributed by atoms with van der Waals surface area (Å²) in [5.74, 6) is -1.13. The molecule has 0 aliphatic carbocycles. The molecule has 122 valence electrons. The lowest BCUT2D eigenvalue weighted by atomic mass is 10.1. The number of urea groups is 1. The highest BCUT2D eigenvalue weighted by Crippen LogP contribution is 2.19. The summed E-state index contributed by atoms with van der Waals surface area (Å²) < 4.78 is 18.5. The van der Waals surface area contributed by atoms with Crippen LogP contribution >= 0.6 is 0 Å². The zero-order valence-electron chi connectivity index (χ0n) is 13.0. The number of halogens is 1. The van der Waals surface area contributed by atoms with E-state index < -0.39 is 17.6 Å². The zero-order chi connectivity index (χ0) is 16.8. The van der Waals surface area contributed by atoms with E-state index in [0.29, 0.717) is 11.3 Å². The molecule has 0 aromatic heterocycles. The van der Waals surface area contributed by atoms with Crippen LogP contribution in [0.3, 0.4) is 0 Å². The number of rotatable bonds is 5. The zero-order valence-corrected chi connectivity index (χ0v) is 13.0. The summed E-state index contributed by atoms with van der Waals surface area (Å²) in [5.41, 5.74) is 2.14. The van der Waals surface area contributed by atoms with Crippen molar-refractivity contribution in [2.45, 2.75) is 19.6 Å². The largest absolute Gasteiger partial charge is 0.505 e. The highest BCUT2D eigenvalue weighted by atomic mass is 19.1. The average molecular weight is 318 g/mol. The van der Waals surface area contributed by atoms with E-state index >= 15 is 0 Å². The van der Waals surface area contributed by atoms with E-state index in [0.717, 1.165) is 5.56 Å². The first-order valence-corrected chi connectivity index (χ1v) is 7.14. The number of amides is 2. The Morgan fingerprint density at radius 1 is 1.30 bits per heavy atom. The number of carbonyl (C=O) groups is 1. The molecule has 6 heteroatoms. The fourth-order valence-corrected chi connectivity index (χ4v) is 2.02. The van der Waals surface area contributed by atoms with Crippen molar-refractivity contribution in [1.29, 1.82) is 0 Å². The second kappa shape index (κ2) is 7.60. The smallest absolute Gasteiger partial charge is 0.319 e. The summed E-state index contributed by atoms with van der Waals surface area (Å²) in [4.78, 5) is 11.9. The number of methoxy groups -OCH3 is 1. The van der Waals surface area contributed by atoms with Crippen molar-refractivity contribution in [3.8, 4) is 5.75 Å². The van der Waals surface area contributed by atoms with E-state index in [1.54, 1.807) is 19.2 Å². The topological polar surface area (TPSA) is 70.6 Å². The SMILES string of the molecule is CO[C@@H](C)c1cccc(NC(=O)NCc2ccc(O)c(F)c2)c1. The van der Waals surface area contributed by atoms with Gasteiger partial charge in [0, 0.05) is 19.3 Å². The molecule has 2 amide bonds. The van der Waals surface area contributed by atoms with E-state index in [1.807, 2.05) is 25.1 Å². The summed E-state index contributed by atoms with van der Waals surface area (Å²) in [6, 6.07) is 10.9. The molecule has 3 N–H and O–H groups in total. The van der Waals surface area contributed by atoms with Crippen molar-refractivity contribution in [3.05, 3.63) is 59.4 Å². The lowest BCUT2D eigenvalue weighted by Crippen LogP contribution is -2.28. The van der Waals surface area contributed by atoms with Gasteiger partial charge in [0.1, 0.15) is 0 Å². The van der Waals surface area contributed by atoms with Crippen LogP contribution in [-0.4, -0.2) is 18.2 Å². The Hall–Kier alpha value is -2.60. The molecule has 2 rings (SSSR count). The molecule has 0 aliphatic heterocycles. The molecule has 5 nitrogen and oxygen atoms in total. The predicted molar refractivity (Wildman–Crippen MR) is 85.8 cm³/mol. The molecule has 0 unspecified atom stereocenters. The number of phenols is 1. The summed E-state index contributed by atoms with van der Waals surface area (Å²) in [5, 5.41) is 14.5. The molecule has 0 spiro atoms. The lowest BCUT2D eigenvalue weighted by Gasteiger charge is -2.12. The summed E-state index contributed by atoms with van der Waals surface area (Å²) in [6.45, 7) is 2.07. The fourth-order valence-electron chi connectivity index (χ4n) is 2.02. The minimum atomic E-state index is -0.717. The van der Waals surface area contributed by atoms with Crippen LogP contribution in [0, 0.1) is 5.82 Å². The van der Waals surface area contributed by atoms with Gasteiger partial charge < -0.3 is 20.5 Å². The quantitative estimate of drug-likeness (QED) is 0.789. The van der Waals surface area contributed by atoms with Gasteiger partial charge in [-0.3, -0.25) is 0 Å². The number of nitrogens with one attached hydrogen (secondary N) is 2. The van der Waals surface area contributed by atoms with E-state index in [1.165, 1.54) is 12.1 Å². The third-order valence-corrected chi connectivity index (χ3v) is 3.43. The van der Waals surface area contributed by atoms with Crippen molar-refractivity contribution in [2.24, 2.45) is 0 Å². The van der Waals surface area contributed by atoms with Gasteiger partial charge >= 0.3 is 6.03 Å². The van der Waals surface area contributed by atoms with Gasteiger partial charge in [-0.25, -0.2) is 9.18 Å². The summed E-state index contributed by atoms with van der Waals surface area (Å²) >= 11 is 0. The van der Waals surface area contributed by atoms with Gasteiger partial charge in [-0.1, -0.05) is 18.2 Å². The van der Waals surface area contributed by atoms with Gasteiger partial charge in [-0.05, 0) is 42.3 Å². The molecule has 0 aliphatic rings. The van der Waals surface area contributed by atoms with Crippen molar-refractivity contribution < 1.29 is 19.0 Å². The number of hydrogen-bond donors (Lipinski definition) is 3. The monoisotopic (exact) mass is 318 g/mol. The van der Waals surface area contributed by atoms with Gasteiger partial charge in [0.25, 0.3) is 0 Å². The number of benzene rings is 2. The molecule has 1 atom stereocenters. The second-order valence-electron chi connectivity index (χ2n) is 5.10. The Morgan fingerprint density at radius 2 is 2.09 bits per heavy atom. The number of phenolic OH excluding ortho intramolecular Hbond substituents is 1. The van der Waals surface area contributed by atoms with Crippen LogP contribution in [0.1, 0.15) is 24.2 Å². The van der Waals surface area contributed by atoms with Gasteiger partial charge in [-0.15, -0.1) is 0 Å². The van der Waals surface area contributed by atoms with Crippen molar-refractivity contribution >= 4 is 11.7 Å². The molecule has 0 saturated carbocycles. The molecule has 0 heterocycles. The third kappa shape index (κ3) is 4.69. The maximum atomic E-state index is 13.2. The Morgan fingerprint density at radius 3 is 2.78 bits per heavy atom. The van der Waals surface area contributed by atoms with Crippen LogP contribution in [0.2, 0.25) is 0 Å². The van der Waals surface area contributed by atoms with Crippen LogP contribution < -0.4 is 10.6 Å². The van der Waals surface area contributed by atoms with Gasteiger partial charge in [-0.2, -0.15) is 0 Å². The normalized spacial score (nSPS) is 11.8. The second-order valence-corrected chi connectivity index (χ2v) is 5.10. The molecule has 0 fully saturated rings. The summed E-state index contributed by atoms with van der Waals surface area (Å²) in [6.07, 6.45) is -0.0696. The average Bonchev–Trinajstić information content (AvgIpc) is 2.55. The van der Waals surface area contributed by atoms with Gasteiger partial charge in [0.05, 0.1) is 6.10 Å². The first-order valence-electron chi connectivity index (χ1n) is 7.14. The Balaban J connectivity index is 1.93. The van der Waals surface area contributed by atoms with Crippen LogP contribution in [-0.2, 0) is 11.3 Å². The molecule has 2 aromatic carbocycles. The minimum Gasteiger partial charge on any atom is -0.505 e. The third-order valence-electron chi connectivity index (χ3n) is 3.43. The Bertz CT molecular complexity index is 691. The molecule has 2 aromatic rings. The highest BCUT2D eigenvalue weighted by molar-refractivity contribution is 5.89. The van der Waals surface area contributed by atoms with Crippen LogP contribution in [0.5, 0.6) is 5.75 Å². The fraction of sp³-hybridized carbons (Fsp3) is 0.235. The molecule has 0 saturated heterocycles. The Kier molecular flexibility index (Phi) is 5.54. The maximum Gasteiger partial charge on any atom is 0.319 e. The molecule has 23 heavy (non-hydrogen) atoms. The number of ether oxygens (including phenoxy) is 1. The van der Waals surface area contributed by atoms with Crippen LogP contribution in [0.15, 0.2) is 42.5 Å². The van der Waals surface area contributed by atoms with Crippen molar-refractivity contribution in [1.82, 2.24) is 5.32 Å². The van der Waals surface area contributed by atoms with E-state index in [9.17, 15) is 9.18 Å². The standard InChI is InChI=1S/C17H19FN2O3/c1-11(23-2)13-4-3-5-14(9-13)20-17(22)19-10-12-6-7-16(21)15(18)8-12/h3-9,11,21H,10H2,1-2H3,(H2,19,20,22)/t11-/m0/s1. The molecule has 0 bridgehead atoms. The van der Waals surface area contributed by atoms with Crippen LogP contribution in [0.4, 0.5) is 14.9 Å². The van der Waals surface area contributed by atoms with Crippen molar-refractivity contribution in [2.75, 3.05) is 12.4 Å². The van der Waals surface area contributed by atoms with Gasteiger partial charge in [0.15, 0.2) is 11.6 Å². The summed E-state index contributed by atoms with van der Waals surface area (Å²) in [7, 11) is 1.62. The maximum absolute atomic E-state index is 13.2. The van der Waals surface area contributed by atoms with Gasteiger partial charge in [0.2, 0.25) is 0 Å². The number of carbonyl (C=O) groups excluding carboxylic acids is 1. The molecular weight excluding hydrogens is 299 g/mol. The molecule has 0 radical (unpaired) electrons. The van der Waals surface area contributed by atoms with Crippen molar-refractivity contribution in [3.63, 3.8) is 0 Å². The first kappa shape index (κ1) is 16.8. The van der Waals surface area contributed by atoms with E-state index in [-0.39, 0.29) is 12.6 Å². The highest BCUT2D eigenvalue weighted by Gasteiger charge is 2.07. The number of anilines is 1. The Labute approximate surface area is 134 Å². The van der Waals surface area contributed by atoms with E-state index in [4.69, 9.17) is 9.84 Å². The predicted octanol–water partition coefficient (Wildman–Crippen LogP) is 3.56. The van der Waals surface area contributed by atoms with E-state index in [2.05, 4.69) is 10.6 Å². The van der Waals surface area contributed by atoms with Crippen LogP contribution in [0.25, 0.3) is 0 Å². The first-order chi connectivity index (χ1) is 11.0. The molecular formula is C17H19FN2O3. The minimum absolute atomic E-state index is 0.0696. The lowest BCUT2D eigenvalue weighted by molar-refractivity contribution is 0.119. The number of aromatic hydroxyl groups is 1.